The third kappa shape index (κ3) is 2.54. The Bertz CT molecular complexity index is 565. The van der Waals surface area contributed by atoms with Crippen LogP contribution in [0.1, 0.15) is 23.0 Å². The summed E-state index contributed by atoms with van der Waals surface area (Å²) < 4.78 is 15.5. The zero-order valence-electron chi connectivity index (χ0n) is 10.3. The molecule has 5 heteroatoms. The summed E-state index contributed by atoms with van der Waals surface area (Å²) in [5, 5.41) is 4.36. The van der Waals surface area contributed by atoms with Crippen molar-refractivity contribution in [3.63, 3.8) is 0 Å². The van der Waals surface area contributed by atoms with Crippen molar-refractivity contribution in [3.8, 4) is 0 Å². The Balaban J connectivity index is 2.24. The maximum atomic E-state index is 13.8. The molecule has 1 atom stereocenters. The molecular weight excluding hydrogens is 253 g/mol. The number of rotatable bonds is 3. The smallest absolute Gasteiger partial charge is 0.145 e. The van der Waals surface area contributed by atoms with Gasteiger partial charge in [-0.15, -0.1) is 0 Å². The Kier molecular flexibility index (Phi) is 3.68. The minimum absolute atomic E-state index is 0.126. The predicted octanol–water partition coefficient (Wildman–Crippen LogP) is 2.76. The largest absolute Gasteiger partial charge is 0.322 e. The van der Waals surface area contributed by atoms with Crippen molar-refractivity contribution in [2.75, 3.05) is 0 Å². The van der Waals surface area contributed by atoms with Crippen LogP contribution in [0.25, 0.3) is 0 Å². The fourth-order valence-corrected chi connectivity index (χ4v) is 2.22. The van der Waals surface area contributed by atoms with E-state index in [9.17, 15) is 4.39 Å². The Hall–Kier alpha value is -1.39. The van der Waals surface area contributed by atoms with Crippen molar-refractivity contribution < 1.29 is 4.39 Å². The molecule has 1 heterocycles. The van der Waals surface area contributed by atoms with Crippen LogP contribution in [-0.4, -0.2) is 9.78 Å². The molecule has 0 aliphatic rings. The van der Waals surface area contributed by atoms with Crippen LogP contribution in [0.4, 0.5) is 4.39 Å². The molecule has 96 valence electrons. The van der Waals surface area contributed by atoms with E-state index in [0.29, 0.717) is 12.0 Å². The number of aromatic nitrogens is 2. The molecule has 2 rings (SSSR count). The highest BCUT2D eigenvalue weighted by Gasteiger charge is 2.15. The van der Waals surface area contributed by atoms with Gasteiger partial charge in [0.2, 0.25) is 0 Å². The maximum absolute atomic E-state index is 13.8. The summed E-state index contributed by atoms with van der Waals surface area (Å²) in [4.78, 5) is 0. The predicted molar refractivity (Wildman–Crippen MR) is 70.0 cm³/mol. The quantitative estimate of drug-likeness (QED) is 0.929. The summed E-state index contributed by atoms with van der Waals surface area (Å²) in [5.41, 5.74) is 8.39. The second-order valence-electron chi connectivity index (χ2n) is 4.36. The van der Waals surface area contributed by atoms with Crippen molar-refractivity contribution in [1.29, 1.82) is 0 Å². The van der Waals surface area contributed by atoms with Gasteiger partial charge in [0, 0.05) is 7.05 Å². The van der Waals surface area contributed by atoms with Crippen LogP contribution in [-0.2, 0) is 13.5 Å². The Labute approximate surface area is 110 Å². The van der Waals surface area contributed by atoms with E-state index in [-0.39, 0.29) is 11.1 Å². The molecule has 0 spiro atoms. The Morgan fingerprint density at radius 3 is 2.83 bits per heavy atom. The topological polar surface area (TPSA) is 43.8 Å². The third-order valence-corrected chi connectivity index (χ3v) is 3.18. The molecule has 1 aromatic carbocycles. The molecule has 0 radical (unpaired) electrons. The average molecular weight is 268 g/mol. The van der Waals surface area contributed by atoms with Crippen LogP contribution in [0.3, 0.4) is 0 Å². The first-order valence-electron chi connectivity index (χ1n) is 5.68. The number of nitrogens with two attached hydrogens (primary N) is 1. The minimum Gasteiger partial charge on any atom is -0.322 e. The monoisotopic (exact) mass is 267 g/mol. The number of hydrogen-bond donors (Lipinski definition) is 1. The van der Waals surface area contributed by atoms with E-state index in [1.165, 1.54) is 6.07 Å². The lowest BCUT2D eigenvalue weighted by Gasteiger charge is -2.13. The van der Waals surface area contributed by atoms with Crippen LogP contribution in [0.2, 0.25) is 5.02 Å². The van der Waals surface area contributed by atoms with Gasteiger partial charge in [-0.2, -0.15) is 5.10 Å². The van der Waals surface area contributed by atoms with Crippen LogP contribution in [0.15, 0.2) is 24.3 Å². The molecule has 0 aliphatic carbocycles. The van der Waals surface area contributed by atoms with Crippen LogP contribution >= 0.6 is 11.6 Å². The summed E-state index contributed by atoms with van der Waals surface area (Å²) in [7, 11) is 1.83. The van der Waals surface area contributed by atoms with Gasteiger partial charge in [-0.25, -0.2) is 4.39 Å². The summed E-state index contributed by atoms with van der Waals surface area (Å²) in [6.07, 6.45) is 0.394. The van der Waals surface area contributed by atoms with E-state index in [1.54, 1.807) is 16.8 Å². The molecule has 0 bridgehead atoms. The van der Waals surface area contributed by atoms with Crippen LogP contribution in [0.5, 0.6) is 0 Å². The SMILES string of the molecule is Cc1cc(C(N)Cc2cccc(Cl)c2F)n(C)n1. The van der Waals surface area contributed by atoms with Gasteiger partial charge in [0.1, 0.15) is 5.82 Å². The molecule has 2 aromatic rings. The lowest BCUT2D eigenvalue weighted by atomic mass is 10.0. The molecule has 3 nitrogen and oxygen atoms in total. The van der Waals surface area contributed by atoms with Crippen LogP contribution in [0, 0.1) is 12.7 Å². The summed E-state index contributed by atoms with van der Waals surface area (Å²) in [5.74, 6) is -0.395. The van der Waals surface area contributed by atoms with E-state index in [0.717, 1.165) is 11.4 Å². The zero-order valence-corrected chi connectivity index (χ0v) is 11.1. The van der Waals surface area contributed by atoms with Gasteiger partial charge < -0.3 is 5.73 Å². The van der Waals surface area contributed by atoms with Gasteiger partial charge in [0.25, 0.3) is 0 Å². The van der Waals surface area contributed by atoms with Gasteiger partial charge in [-0.3, -0.25) is 4.68 Å². The fraction of sp³-hybridized carbons (Fsp3) is 0.308. The van der Waals surface area contributed by atoms with Gasteiger partial charge in [0.15, 0.2) is 0 Å². The molecule has 0 amide bonds. The van der Waals surface area contributed by atoms with Gasteiger partial charge in [-0.1, -0.05) is 23.7 Å². The number of halogens is 2. The van der Waals surface area contributed by atoms with E-state index >= 15 is 0 Å². The second kappa shape index (κ2) is 5.08. The highest BCUT2D eigenvalue weighted by Crippen LogP contribution is 2.22. The zero-order chi connectivity index (χ0) is 13.3. The van der Waals surface area contributed by atoms with Gasteiger partial charge in [-0.05, 0) is 31.0 Å². The van der Waals surface area contributed by atoms with Crippen molar-refractivity contribution in [2.24, 2.45) is 12.8 Å². The van der Waals surface area contributed by atoms with E-state index in [2.05, 4.69) is 5.10 Å². The first-order valence-corrected chi connectivity index (χ1v) is 6.06. The standard InChI is InChI=1S/C13H15ClFN3/c1-8-6-12(18(2)17-8)11(16)7-9-4-3-5-10(14)13(9)15/h3-6,11H,7,16H2,1-2H3. The minimum atomic E-state index is -0.395. The van der Waals surface area contributed by atoms with Gasteiger partial charge in [0.05, 0.1) is 22.5 Å². The first-order chi connectivity index (χ1) is 8.49. The first kappa shape index (κ1) is 13.1. The third-order valence-electron chi connectivity index (χ3n) is 2.89. The highest BCUT2D eigenvalue weighted by atomic mass is 35.5. The highest BCUT2D eigenvalue weighted by molar-refractivity contribution is 6.30. The van der Waals surface area contributed by atoms with Crippen LogP contribution < -0.4 is 5.73 Å². The molecular formula is C13H15ClFN3. The summed E-state index contributed by atoms with van der Waals surface area (Å²) >= 11 is 5.75. The van der Waals surface area contributed by atoms with Crippen molar-refractivity contribution in [2.45, 2.75) is 19.4 Å². The molecule has 0 saturated heterocycles. The molecule has 0 saturated carbocycles. The Morgan fingerprint density at radius 2 is 2.22 bits per heavy atom. The number of benzene rings is 1. The number of nitrogens with zero attached hydrogens (tertiary/aromatic N) is 2. The molecule has 0 aliphatic heterocycles. The van der Waals surface area contributed by atoms with Gasteiger partial charge >= 0.3 is 0 Å². The van der Waals surface area contributed by atoms with Crippen molar-refractivity contribution >= 4 is 11.6 Å². The van der Waals surface area contributed by atoms with Crippen molar-refractivity contribution in [3.05, 3.63) is 52.1 Å². The molecule has 1 aromatic heterocycles. The van der Waals surface area contributed by atoms with Crippen molar-refractivity contribution in [1.82, 2.24) is 9.78 Å². The number of aryl methyl sites for hydroxylation is 2. The average Bonchev–Trinajstić information content (AvgIpc) is 2.64. The molecule has 1 unspecified atom stereocenters. The maximum Gasteiger partial charge on any atom is 0.145 e. The molecule has 18 heavy (non-hydrogen) atoms. The van der Waals surface area contributed by atoms with E-state index in [1.807, 2.05) is 20.0 Å². The Morgan fingerprint density at radius 1 is 1.50 bits per heavy atom. The van der Waals surface area contributed by atoms with E-state index < -0.39 is 5.82 Å². The summed E-state index contributed by atoms with van der Waals surface area (Å²) in [6, 6.07) is 6.56. The fourth-order valence-electron chi connectivity index (χ4n) is 2.03. The normalized spacial score (nSPS) is 12.7. The second-order valence-corrected chi connectivity index (χ2v) is 4.76. The molecule has 0 fully saturated rings. The lowest BCUT2D eigenvalue weighted by Crippen LogP contribution is -2.17. The number of hydrogen-bond acceptors (Lipinski definition) is 2. The van der Waals surface area contributed by atoms with E-state index in [4.69, 9.17) is 17.3 Å². The lowest BCUT2D eigenvalue weighted by molar-refractivity contribution is 0.573. The summed E-state index contributed by atoms with van der Waals surface area (Å²) in [6.45, 7) is 1.90. The molecule has 2 N–H and O–H groups in total.